The molecular weight excluding hydrogens is 569 g/mol. The predicted octanol–water partition coefficient (Wildman–Crippen LogP) is 7.43. The van der Waals surface area contributed by atoms with Crippen molar-refractivity contribution in [2.45, 2.75) is 5.14 Å². The summed E-state index contributed by atoms with van der Waals surface area (Å²) in [5.41, 5.74) is 0. The Morgan fingerprint density at radius 3 is 0.786 bits per heavy atom. The molecule has 206 valence electrons. The first-order chi connectivity index (χ1) is 20.6. The lowest BCUT2D eigenvalue weighted by atomic mass is 10.4. The van der Waals surface area contributed by atoms with Crippen molar-refractivity contribution >= 4 is 54.0 Å². The molecule has 0 bridgehead atoms. The molecule has 0 radical (unpaired) electrons. The summed E-state index contributed by atoms with van der Waals surface area (Å²) in [5, 5.41) is 4.20. The first kappa shape index (κ1) is 28.3. The van der Waals surface area contributed by atoms with Crippen LogP contribution in [0.25, 0.3) is 0 Å². The standard InChI is InChI=1S/C37H31O2P3/c38-41(33-23-11-3-12-24-33,34-25-13-4-14-26-34)37(40(31-19-7-1-8-20-31)32-21-9-2-10-22-32)42(39,35-27-15-5-16-28-35)36-29-17-6-18-30-36/h1-30,37H. The summed E-state index contributed by atoms with van der Waals surface area (Å²) in [6.07, 6.45) is 0. The lowest BCUT2D eigenvalue weighted by Crippen LogP contribution is -2.35. The molecule has 6 rings (SSSR count). The highest BCUT2D eigenvalue weighted by atomic mass is 31.3. The van der Waals surface area contributed by atoms with Crippen molar-refractivity contribution in [3.63, 3.8) is 0 Å². The maximum atomic E-state index is 16.5. The SMILES string of the molecule is O=P(c1ccccc1)(c1ccccc1)C(P(c1ccccc1)c1ccccc1)P(=O)(c1ccccc1)c1ccccc1. The highest BCUT2D eigenvalue weighted by molar-refractivity contribution is 8.07. The van der Waals surface area contributed by atoms with E-state index in [1.807, 2.05) is 158 Å². The van der Waals surface area contributed by atoms with E-state index in [1.165, 1.54) is 0 Å². The van der Waals surface area contributed by atoms with Crippen molar-refractivity contribution in [1.82, 2.24) is 0 Å². The second-order valence-corrected chi connectivity index (χ2v) is 19.3. The van der Waals surface area contributed by atoms with Crippen LogP contribution in [0.1, 0.15) is 0 Å². The fourth-order valence-electron chi connectivity index (χ4n) is 5.58. The highest BCUT2D eigenvalue weighted by Gasteiger charge is 2.54. The second-order valence-electron chi connectivity index (χ2n) is 10.0. The maximum absolute atomic E-state index is 16.5. The molecule has 0 amide bonds. The molecule has 0 aliphatic carbocycles. The van der Waals surface area contributed by atoms with Crippen LogP contribution in [0.5, 0.6) is 0 Å². The quantitative estimate of drug-likeness (QED) is 0.162. The Kier molecular flexibility index (Phi) is 8.51. The molecule has 0 aromatic heterocycles. The summed E-state index contributed by atoms with van der Waals surface area (Å²) in [6.45, 7) is 0. The molecule has 6 aromatic rings. The largest absolute Gasteiger partial charge is 0.312 e. The third-order valence-electron chi connectivity index (χ3n) is 7.51. The molecule has 0 fully saturated rings. The Morgan fingerprint density at radius 2 is 0.548 bits per heavy atom. The molecule has 0 saturated carbocycles. The zero-order valence-electron chi connectivity index (χ0n) is 23.1. The van der Waals surface area contributed by atoms with Gasteiger partial charge in [-0.1, -0.05) is 182 Å². The van der Waals surface area contributed by atoms with Crippen LogP contribution in [0.2, 0.25) is 0 Å². The minimum absolute atomic E-state index is 0.715. The first-order valence-corrected chi connectivity index (χ1v) is 18.9. The average molecular weight is 601 g/mol. The van der Waals surface area contributed by atoms with Gasteiger partial charge in [-0.05, 0) is 18.5 Å². The number of benzene rings is 6. The monoisotopic (exact) mass is 600 g/mol. The minimum atomic E-state index is -3.61. The van der Waals surface area contributed by atoms with E-state index in [1.54, 1.807) is 0 Å². The van der Waals surface area contributed by atoms with Crippen molar-refractivity contribution in [2.75, 3.05) is 0 Å². The van der Waals surface area contributed by atoms with Crippen LogP contribution < -0.4 is 31.8 Å². The summed E-state index contributed by atoms with van der Waals surface area (Å²) in [4.78, 5) is 0. The van der Waals surface area contributed by atoms with E-state index in [9.17, 15) is 0 Å². The van der Waals surface area contributed by atoms with Crippen LogP contribution in [0, 0.1) is 0 Å². The van der Waals surface area contributed by atoms with Gasteiger partial charge in [0.15, 0.2) is 14.3 Å². The van der Waals surface area contributed by atoms with Gasteiger partial charge in [0.25, 0.3) is 0 Å². The van der Waals surface area contributed by atoms with E-state index < -0.39 is 27.3 Å². The summed E-state index contributed by atoms with van der Waals surface area (Å²) in [7, 11) is -8.63. The van der Waals surface area contributed by atoms with Crippen LogP contribution in [-0.4, -0.2) is 5.14 Å². The Bertz CT molecular complexity index is 1590. The predicted molar refractivity (Wildman–Crippen MR) is 182 cm³/mol. The van der Waals surface area contributed by atoms with Crippen molar-refractivity contribution < 1.29 is 9.13 Å². The molecule has 5 heteroatoms. The zero-order chi connectivity index (χ0) is 28.8. The lowest BCUT2D eigenvalue weighted by molar-refractivity contribution is 0.580. The smallest absolute Gasteiger partial charge is 0.158 e. The van der Waals surface area contributed by atoms with Gasteiger partial charge in [-0.25, -0.2) is 0 Å². The molecule has 42 heavy (non-hydrogen) atoms. The topological polar surface area (TPSA) is 34.1 Å². The van der Waals surface area contributed by atoms with Crippen LogP contribution in [0.15, 0.2) is 182 Å². The van der Waals surface area contributed by atoms with Gasteiger partial charge >= 0.3 is 0 Å². The van der Waals surface area contributed by atoms with Crippen LogP contribution in [0.4, 0.5) is 0 Å². The highest BCUT2D eigenvalue weighted by Crippen LogP contribution is 2.76. The number of hydrogen-bond donors (Lipinski definition) is 0. The molecule has 0 unspecified atom stereocenters. The molecule has 0 atom stereocenters. The lowest BCUT2D eigenvalue weighted by Gasteiger charge is -2.40. The van der Waals surface area contributed by atoms with E-state index in [0.717, 1.165) is 10.6 Å². The number of hydrogen-bond acceptors (Lipinski definition) is 2. The Morgan fingerprint density at radius 1 is 0.333 bits per heavy atom. The molecule has 0 saturated heterocycles. The fraction of sp³-hybridized carbons (Fsp3) is 0.0270. The molecule has 0 spiro atoms. The van der Waals surface area contributed by atoms with E-state index in [0.29, 0.717) is 21.2 Å². The Hall–Kier alpha value is -3.79. The molecular formula is C37H31O2P3. The van der Waals surface area contributed by atoms with Crippen molar-refractivity contribution in [3.05, 3.63) is 182 Å². The third-order valence-corrected chi connectivity index (χ3v) is 20.5. The maximum Gasteiger partial charge on any atom is 0.158 e. The van der Waals surface area contributed by atoms with E-state index in [4.69, 9.17) is 0 Å². The molecule has 6 aromatic carbocycles. The molecule has 0 aliphatic rings. The van der Waals surface area contributed by atoms with Gasteiger partial charge in [-0.15, -0.1) is 0 Å². The zero-order valence-corrected chi connectivity index (χ0v) is 25.7. The minimum Gasteiger partial charge on any atom is -0.312 e. The molecule has 0 heterocycles. The van der Waals surface area contributed by atoms with E-state index in [2.05, 4.69) is 24.3 Å². The normalized spacial score (nSPS) is 12.0. The third kappa shape index (κ3) is 5.28. The van der Waals surface area contributed by atoms with Crippen LogP contribution >= 0.6 is 22.2 Å². The summed E-state index contributed by atoms with van der Waals surface area (Å²) in [5.74, 6) is 0. The average Bonchev–Trinajstić information content (AvgIpc) is 3.09. The van der Waals surface area contributed by atoms with Gasteiger partial charge in [0.2, 0.25) is 0 Å². The molecule has 0 N–H and O–H groups in total. The van der Waals surface area contributed by atoms with Gasteiger partial charge < -0.3 is 9.13 Å². The summed E-state index contributed by atoms with van der Waals surface area (Å²) >= 11 is 0. The Balaban J connectivity index is 1.80. The second kappa shape index (κ2) is 12.6. The van der Waals surface area contributed by atoms with E-state index in [-0.39, 0.29) is 0 Å². The van der Waals surface area contributed by atoms with Crippen molar-refractivity contribution in [2.24, 2.45) is 0 Å². The van der Waals surface area contributed by atoms with Gasteiger partial charge in [-0.2, -0.15) is 0 Å². The summed E-state index contributed by atoms with van der Waals surface area (Å²) in [6, 6.07) is 59.4. The molecule has 0 aliphatic heterocycles. The van der Waals surface area contributed by atoms with Gasteiger partial charge in [0, 0.05) is 21.2 Å². The van der Waals surface area contributed by atoms with Gasteiger partial charge in [0.05, 0.1) is 0 Å². The number of rotatable bonds is 9. The fourth-order valence-corrected chi connectivity index (χ4v) is 20.8. The Labute approximate surface area is 249 Å². The van der Waals surface area contributed by atoms with Crippen LogP contribution in [-0.2, 0) is 9.13 Å². The first-order valence-electron chi connectivity index (χ1n) is 13.9. The van der Waals surface area contributed by atoms with Gasteiger partial charge in [-0.3, -0.25) is 0 Å². The van der Waals surface area contributed by atoms with Crippen LogP contribution in [0.3, 0.4) is 0 Å². The van der Waals surface area contributed by atoms with E-state index >= 15 is 9.13 Å². The molecule has 2 nitrogen and oxygen atoms in total. The van der Waals surface area contributed by atoms with Crippen molar-refractivity contribution in [1.29, 1.82) is 0 Å². The van der Waals surface area contributed by atoms with Gasteiger partial charge in [0.1, 0.15) is 5.14 Å². The van der Waals surface area contributed by atoms with Crippen molar-refractivity contribution in [3.8, 4) is 0 Å². The summed E-state index contributed by atoms with van der Waals surface area (Å²) < 4.78 is 33.1.